The maximum atomic E-state index is 9.27. The Morgan fingerprint density at radius 1 is 1.24 bits per heavy atom. The van der Waals surface area contributed by atoms with Crippen LogP contribution in [0.4, 0.5) is 17.3 Å². The Kier molecular flexibility index (Phi) is 4.36. The standard InChI is InChI=1S/C15H18N6/c1-9(2)15-19-13(7-14(20-15)21-17)18-12-6-4-5-10(3)11(12)8-16/h4-7,9H,17H2,1-3H3,(H2,18,19,20,21). The molecule has 2 rings (SSSR count). The minimum absolute atomic E-state index is 0.173. The van der Waals surface area contributed by atoms with E-state index in [9.17, 15) is 5.26 Å². The molecule has 0 aliphatic carbocycles. The van der Waals surface area contributed by atoms with E-state index in [2.05, 4.69) is 26.8 Å². The molecular formula is C15H18N6. The number of hydrogen-bond donors (Lipinski definition) is 3. The molecule has 108 valence electrons. The summed E-state index contributed by atoms with van der Waals surface area (Å²) < 4.78 is 0. The molecule has 0 amide bonds. The van der Waals surface area contributed by atoms with Crippen molar-refractivity contribution in [2.24, 2.45) is 5.84 Å². The molecule has 2 aromatic rings. The van der Waals surface area contributed by atoms with Crippen molar-refractivity contribution in [1.82, 2.24) is 9.97 Å². The summed E-state index contributed by atoms with van der Waals surface area (Å²) in [5, 5.41) is 12.4. The average molecular weight is 282 g/mol. The predicted octanol–water partition coefficient (Wildman–Crippen LogP) is 2.81. The SMILES string of the molecule is Cc1cccc(Nc2cc(NN)nc(C(C)C)n2)c1C#N. The highest BCUT2D eigenvalue weighted by Gasteiger charge is 2.10. The summed E-state index contributed by atoms with van der Waals surface area (Å²) in [7, 11) is 0. The van der Waals surface area contributed by atoms with Gasteiger partial charge >= 0.3 is 0 Å². The first-order valence-electron chi connectivity index (χ1n) is 6.67. The van der Waals surface area contributed by atoms with Crippen LogP contribution in [0.2, 0.25) is 0 Å². The van der Waals surface area contributed by atoms with E-state index in [0.29, 0.717) is 28.7 Å². The summed E-state index contributed by atoms with van der Waals surface area (Å²) in [6, 6.07) is 9.55. The monoisotopic (exact) mass is 282 g/mol. The molecule has 0 aliphatic rings. The Labute approximate surface area is 124 Å². The lowest BCUT2D eigenvalue weighted by Gasteiger charge is -2.13. The molecule has 1 aromatic carbocycles. The van der Waals surface area contributed by atoms with E-state index in [-0.39, 0.29) is 5.92 Å². The third-order valence-corrected chi connectivity index (χ3v) is 3.06. The van der Waals surface area contributed by atoms with Gasteiger partial charge in [-0.1, -0.05) is 26.0 Å². The summed E-state index contributed by atoms with van der Waals surface area (Å²) >= 11 is 0. The van der Waals surface area contributed by atoms with E-state index in [1.165, 1.54) is 0 Å². The fraction of sp³-hybridized carbons (Fsp3) is 0.267. The lowest BCUT2D eigenvalue weighted by Crippen LogP contribution is -2.12. The zero-order valence-electron chi connectivity index (χ0n) is 12.3. The van der Waals surface area contributed by atoms with Gasteiger partial charge in [-0.3, -0.25) is 0 Å². The highest BCUT2D eigenvalue weighted by atomic mass is 15.3. The molecule has 0 aliphatic heterocycles. The summed E-state index contributed by atoms with van der Waals surface area (Å²) in [5.74, 6) is 7.42. The molecule has 21 heavy (non-hydrogen) atoms. The maximum absolute atomic E-state index is 9.27. The van der Waals surface area contributed by atoms with Crippen LogP contribution in [0.3, 0.4) is 0 Å². The average Bonchev–Trinajstić information content (AvgIpc) is 2.47. The van der Waals surface area contributed by atoms with Crippen LogP contribution in [0.1, 0.15) is 36.7 Å². The summed E-state index contributed by atoms with van der Waals surface area (Å²) in [6.45, 7) is 5.91. The largest absolute Gasteiger partial charge is 0.339 e. The first-order chi connectivity index (χ1) is 10.0. The van der Waals surface area contributed by atoms with Crippen molar-refractivity contribution in [2.75, 3.05) is 10.7 Å². The number of hydrogen-bond acceptors (Lipinski definition) is 6. The Bertz CT molecular complexity index is 687. The molecule has 1 heterocycles. The molecule has 0 saturated heterocycles. The Morgan fingerprint density at radius 2 is 1.95 bits per heavy atom. The van der Waals surface area contributed by atoms with Crippen molar-refractivity contribution in [3.05, 3.63) is 41.2 Å². The Balaban J connectivity index is 2.42. The van der Waals surface area contributed by atoms with E-state index in [0.717, 1.165) is 5.56 Å². The second kappa shape index (κ2) is 6.20. The molecule has 0 bridgehead atoms. The number of nitrogens with zero attached hydrogens (tertiary/aromatic N) is 3. The first kappa shape index (κ1) is 14.8. The Hall–Kier alpha value is -2.65. The van der Waals surface area contributed by atoms with Crippen LogP contribution in [-0.2, 0) is 0 Å². The normalized spacial score (nSPS) is 10.3. The van der Waals surface area contributed by atoms with Gasteiger partial charge < -0.3 is 10.7 Å². The van der Waals surface area contributed by atoms with Crippen LogP contribution >= 0.6 is 0 Å². The predicted molar refractivity (Wildman–Crippen MR) is 83.1 cm³/mol. The molecule has 0 atom stereocenters. The Morgan fingerprint density at radius 3 is 2.57 bits per heavy atom. The molecule has 4 N–H and O–H groups in total. The highest BCUT2D eigenvalue weighted by Crippen LogP contribution is 2.24. The van der Waals surface area contributed by atoms with Crippen molar-refractivity contribution in [3.63, 3.8) is 0 Å². The van der Waals surface area contributed by atoms with Gasteiger partial charge in [-0.15, -0.1) is 0 Å². The molecule has 6 heteroatoms. The van der Waals surface area contributed by atoms with Crippen molar-refractivity contribution in [3.8, 4) is 6.07 Å². The van der Waals surface area contributed by atoms with Crippen LogP contribution in [0, 0.1) is 18.3 Å². The number of benzene rings is 1. The van der Waals surface area contributed by atoms with E-state index in [1.54, 1.807) is 6.07 Å². The molecule has 0 radical (unpaired) electrons. The number of nitriles is 1. The molecule has 0 fully saturated rings. The minimum atomic E-state index is 0.173. The smallest absolute Gasteiger partial charge is 0.145 e. The lowest BCUT2D eigenvalue weighted by atomic mass is 10.1. The van der Waals surface area contributed by atoms with E-state index in [4.69, 9.17) is 5.84 Å². The molecule has 0 saturated carbocycles. The van der Waals surface area contributed by atoms with Gasteiger partial charge in [-0.25, -0.2) is 15.8 Å². The van der Waals surface area contributed by atoms with Crippen LogP contribution in [0.5, 0.6) is 0 Å². The van der Waals surface area contributed by atoms with Crippen molar-refractivity contribution in [1.29, 1.82) is 5.26 Å². The maximum Gasteiger partial charge on any atom is 0.145 e. The molecule has 6 nitrogen and oxygen atoms in total. The lowest BCUT2D eigenvalue weighted by molar-refractivity contribution is 0.777. The molecule has 0 spiro atoms. The molecule has 1 aromatic heterocycles. The number of aromatic nitrogens is 2. The number of anilines is 3. The van der Waals surface area contributed by atoms with Gasteiger partial charge in [0.05, 0.1) is 11.3 Å². The first-order valence-corrected chi connectivity index (χ1v) is 6.67. The summed E-state index contributed by atoms with van der Waals surface area (Å²) in [4.78, 5) is 8.75. The zero-order chi connectivity index (χ0) is 15.4. The van der Waals surface area contributed by atoms with E-state index in [1.807, 2.05) is 39.0 Å². The highest BCUT2D eigenvalue weighted by molar-refractivity contribution is 5.67. The third kappa shape index (κ3) is 3.27. The van der Waals surface area contributed by atoms with Crippen LogP contribution in [0.25, 0.3) is 0 Å². The number of nitrogens with two attached hydrogens (primary N) is 1. The zero-order valence-corrected chi connectivity index (χ0v) is 12.3. The second-order valence-corrected chi connectivity index (χ2v) is 5.03. The van der Waals surface area contributed by atoms with Gasteiger partial charge in [-0.05, 0) is 18.6 Å². The fourth-order valence-electron chi connectivity index (χ4n) is 1.92. The summed E-state index contributed by atoms with van der Waals surface area (Å²) in [6.07, 6.45) is 0. The summed E-state index contributed by atoms with van der Waals surface area (Å²) in [5.41, 5.74) is 4.76. The van der Waals surface area contributed by atoms with Crippen LogP contribution in [-0.4, -0.2) is 9.97 Å². The number of rotatable bonds is 4. The van der Waals surface area contributed by atoms with Crippen LogP contribution in [0.15, 0.2) is 24.3 Å². The number of nitrogen functional groups attached to an aromatic ring is 1. The van der Waals surface area contributed by atoms with E-state index < -0.39 is 0 Å². The van der Waals surface area contributed by atoms with Crippen molar-refractivity contribution < 1.29 is 0 Å². The number of aryl methyl sites for hydroxylation is 1. The topological polar surface area (TPSA) is 99.7 Å². The van der Waals surface area contributed by atoms with Gasteiger partial charge in [0.2, 0.25) is 0 Å². The van der Waals surface area contributed by atoms with Crippen molar-refractivity contribution >= 4 is 17.3 Å². The third-order valence-electron chi connectivity index (χ3n) is 3.06. The number of nitrogens with one attached hydrogen (secondary N) is 2. The second-order valence-electron chi connectivity index (χ2n) is 5.03. The van der Waals surface area contributed by atoms with Gasteiger partial charge in [0.25, 0.3) is 0 Å². The fourth-order valence-corrected chi connectivity index (χ4v) is 1.92. The van der Waals surface area contributed by atoms with Gasteiger partial charge in [0.1, 0.15) is 23.5 Å². The minimum Gasteiger partial charge on any atom is -0.339 e. The quantitative estimate of drug-likeness (QED) is 0.589. The number of hydrazine groups is 1. The van der Waals surface area contributed by atoms with Gasteiger partial charge in [0.15, 0.2) is 0 Å². The van der Waals surface area contributed by atoms with Gasteiger partial charge in [0, 0.05) is 12.0 Å². The van der Waals surface area contributed by atoms with Crippen LogP contribution < -0.4 is 16.6 Å². The van der Waals surface area contributed by atoms with Crippen molar-refractivity contribution in [2.45, 2.75) is 26.7 Å². The molecule has 0 unspecified atom stereocenters. The molecular weight excluding hydrogens is 264 g/mol. The van der Waals surface area contributed by atoms with Gasteiger partial charge in [-0.2, -0.15) is 5.26 Å². The van der Waals surface area contributed by atoms with E-state index >= 15 is 0 Å².